The summed E-state index contributed by atoms with van der Waals surface area (Å²) in [6.07, 6.45) is -6.44. The highest BCUT2D eigenvalue weighted by molar-refractivity contribution is 7.60. The van der Waals surface area contributed by atoms with Gasteiger partial charge in [-0.05, 0) is 37.0 Å². The van der Waals surface area contributed by atoms with Crippen molar-refractivity contribution in [2.75, 3.05) is 6.54 Å². The first kappa shape index (κ1) is 32.9. The third kappa shape index (κ3) is 7.93. The molecule has 43 heavy (non-hydrogen) atoms. The molecule has 0 radical (unpaired) electrons. The van der Waals surface area contributed by atoms with Crippen molar-refractivity contribution in [1.29, 1.82) is 0 Å². The fraction of sp³-hybridized carbons (Fsp3) is 0.478. The molecule has 1 amide bonds. The maximum atomic E-state index is 12.1. The van der Waals surface area contributed by atoms with Crippen molar-refractivity contribution in [3.8, 4) is 0 Å². The molecule has 4 rings (SSSR count). The highest BCUT2D eigenvalue weighted by atomic mass is 31.2. The Labute approximate surface area is 242 Å². The number of alkyl carbamates (subject to hydrolysis) is 1. The summed E-state index contributed by atoms with van der Waals surface area (Å²) >= 11 is 0. The summed E-state index contributed by atoms with van der Waals surface area (Å²) in [4.78, 5) is 72.1. The van der Waals surface area contributed by atoms with Gasteiger partial charge in [0.2, 0.25) is 0 Å². The largest absolute Gasteiger partial charge is 0.445 e. The average molecular weight is 647 g/mol. The minimum Gasteiger partial charge on any atom is -0.445 e. The Balaban J connectivity index is 1.27. The first-order valence-corrected chi connectivity index (χ1v) is 16.2. The van der Waals surface area contributed by atoms with E-state index in [4.69, 9.17) is 19.3 Å². The number of H-pyrrole nitrogens is 1. The minimum absolute atomic E-state index is 0.0319. The number of imidazole rings is 1. The van der Waals surface area contributed by atoms with Crippen LogP contribution >= 0.6 is 15.2 Å². The Morgan fingerprint density at radius 2 is 1.77 bits per heavy atom. The molecule has 18 nitrogen and oxygen atoms in total. The van der Waals surface area contributed by atoms with Crippen LogP contribution in [0.2, 0.25) is 0 Å². The van der Waals surface area contributed by atoms with Gasteiger partial charge in [-0.25, -0.2) is 14.8 Å². The molecule has 3 aromatic rings. The summed E-state index contributed by atoms with van der Waals surface area (Å²) < 4.78 is 35.2. The molecule has 20 heteroatoms. The summed E-state index contributed by atoms with van der Waals surface area (Å²) in [5, 5.41) is 33.9. The normalized spacial score (nSPS) is 22.4. The van der Waals surface area contributed by atoms with E-state index in [-0.39, 0.29) is 48.9 Å². The van der Waals surface area contributed by atoms with Crippen molar-refractivity contribution in [2.45, 2.75) is 62.2 Å². The van der Waals surface area contributed by atoms with Crippen molar-refractivity contribution in [3.63, 3.8) is 0 Å². The summed E-state index contributed by atoms with van der Waals surface area (Å²) in [5.41, 5.74) is -1.33. The van der Waals surface area contributed by atoms with E-state index in [9.17, 15) is 43.8 Å². The summed E-state index contributed by atoms with van der Waals surface area (Å²) in [6, 6.07) is 5.15. The second-order valence-electron chi connectivity index (χ2n) is 9.92. The van der Waals surface area contributed by atoms with Gasteiger partial charge in [-0.2, -0.15) is 0 Å². The van der Waals surface area contributed by atoms with E-state index in [0.717, 1.165) is 6.33 Å². The van der Waals surface area contributed by atoms with Crippen molar-refractivity contribution < 1.29 is 58.3 Å². The zero-order valence-corrected chi connectivity index (χ0v) is 24.1. The highest BCUT2D eigenvalue weighted by Gasteiger charge is 2.47. The standard InChI is InChI=1S/C23H31N5O13P2/c29-15(19-17(30)18(31)22(41-19)28-11-27-16-20(28)25-10-26-21(16)32)6-5-14(43(37,38)39)7-8-24-23(33)40-9-12-1-3-13(4-2-12)42(34,35)36/h1-4,10-11,14-15,17-19,22,29-31H,5-9H2,(H,24,33)(H,25,26,32)(H2,34,35,36)(H2,37,38,39)/t14?,15?,17-,18+,19+,22+/m0/s1. The Morgan fingerprint density at radius 3 is 2.42 bits per heavy atom. The van der Waals surface area contributed by atoms with Gasteiger partial charge in [0.1, 0.15) is 24.9 Å². The average Bonchev–Trinajstić information content (AvgIpc) is 3.49. The van der Waals surface area contributed by atoms with Crippen molar-refractivity contribution in [3.05, 3.63) is 52.8 Å². The number of carbonyl (C=O) groups is 1. The van der Waals surface area contributed by atoms with Crippen LogP contribution in [-0.2, 0) is 25.2 Å². The highest BCUT2D eigenvalue weighted by Crippen LogP contribution is 2.45. The van der Waals surface area contributed by atoms with E-state index in [2.05, 4.69) is 20.3 Å². The van der Waals surface area contributed by atoms with Gasteiger partial charge in [0, 0.05) is 6.54 Å². The third-order valence-electron chi connectivity index (χ3n) is 6.95. The number of aliphatic hydroxyl groups excluding tert-OH is 3. The van der Waals surface area contributed by atoms with E-state index >= 15 is 0 Å². The van der Waals surface area contributed by atoms with Gasteiger partial charge in [0.25, 0.3) is 5.56 Å². The Kier molecular flexibility index (Phi) is 10.2. The van der Waals surface area contributed by atoms with E-state index in [1.165, 1.54) is 35.2 Å². The molecule has 1 saturated heterocycles. The Morgan fingerprint density at radius 1 is 1.07 bits per heavy atom. The topological polar surface area (TPSA) is 287 Å². The summed E-state index contributed by atoms with van der Waals surface area (Å²) in [6.45, 7) is -0.412. The minimum atomic E-state index is -4.69. The number of hydrogen-bond donors (Lipinski definition) is 9. The van der Waals surface area contributed by atoms with Gasteiger partial charge < -0.3 is 54.7 Å². The molecule has 0 bridgehead atoms. The lowest BCUT2D eigenvalue weighted by Gasteiger charge is -2.24. The van der Waals surface area contributed by atoms with Gasteiger partial charge in [0.05, 0.1) is 29.7 Å². The molecule has 0 aliphatic carbocycles. The molecule has 0 spiro atoms. The van der Waals surface area contributed by atoms with Crippen LogP contribution in [0.4, 0.5) is 4.79 Å². The number of rotatable bonds is 12. The van der Waals surface area contributed by atoms with E-state index < -0.39 is 63.1 Å². The zero-order valence-electron chi connectivity index (χ0n) is 22.3. The molecular formula is C23H31N5O13P2. The van der Waals surface area contributed by atoms with Crippen molar-refractivity contribution >= 4 is 37.8 Å². The molecule has 2 unspecified atom stereocenters. The number of aromatic amines is 1. The van der Waals surface area contributed by atoms with Gasteiger partial charge >= 0.3 is 21.3 Å². The number of aliphatic hydroxyl groups is 3. The predicted molar refractivity (Wildman–Crippen MR) is 146 cm³/mol. The predicted octanol–water partition coefficient (Wildman–Crippen LogP) is -1.45. The maximum absolute atomic E-state index is 12.1. The number of carbonyl (C=O) groups excluding carboxylic acids is 1. The van der Waals surface area contributed by atoms with Crippen LogP contribution in [0.1, 0.15) is 31.1 Å². The quantitative estimate of drug-likeness (QED) is 0.102. The number of hydrogen-bond acceptors (Lipinski definition) is 11. The molecule has 0 saturated carbocycles. The molecule has 1 aromatic carbocycles. The fourth-order valence-electron chi connectivity index (χ4n) is 4.62. The van der Waals surface area contributed by atoms with Crippen molar-refractivity contribution in [1.82, 2.24) is 24.8 Å². The second kappa shape index (κ2) is 13.3. The fourth-order valence-corrected chi connectivity index (χ4v) is 6.11. The van der Waals surface area contributed by atoms with Crippen LogP contribution in [0.3, 0.4) is 0 Å². The zero-order chi connectivity index (χ0) is 31.5. The lowest BCUT2D eigenvalue weighted by atomic mass is 10.0. The number of aromatic nitrogens is 4. The molecule has 3 heterocycles. The lowest BCUT2D eigenvalue weighted by Crippen LogP contribution is -2.39. The first-order valence-electron chi connectivity index (χ1n) is 12.9. The van der Waals surface area contributed by atoms with Crippen LogP contribution in [0.15, 0.2) is 41.7 Å². The first-order chi connectivity index (χ1) is 20.2. The Bertz CT molecular complexity index is 1570. The molecule has 236 valence electrons. The van der Waals surface area contributed by atoms with Crippen LogP contribution in [0, 0.1) is 0 Å². The number of ether oxygens (including phenoxy) is 2. The van der Waals surface area contributed by atoms with E-state index in [1.54, 1.807) is 0 Å². The number of benzene rings is 1. The number of fused-ring (bicyclic) bond motifs is 1. The van der Waals surface area contributed by atoms with Crippen LogP contribution in [0.25, 0.3) is 11.2 Å². The second-order valence-corrected chi connectivity index (χ2v) is 13.4. The SMILES string of the molecule is O=C(NCCC(CCC(O)[C@H]1O[C@@H](n2cnc3c(=O)[nH]cnc32)[C@H](O)[C@@H]1O)P(=O)(O)O)OCc1ccc(P(=O)(O)O)cc1. The molecular weight excluding hydrogens is 616 g/mol. The molecule has 2 aromatic heterocycles. The van der Waals surface area contributed by atoms with Crippen molar-refractivity contribution in [2.24, 2.45) is 0 Å². The smallest absolute Gasteiger partial charge is 0.407 e. The maximum Gasteiger partial charge on any atom is 0.407 e. The number of nitrogens with zero attached hydrogens (tertiary/aromatic N) is 3. The van der Waals surface area contributed by atoms with Crippen LogP contribution < -0.4 is 16.2 Å². The number of nitrogens with one attached hydrogen (secondary N) is 2. The van der Waals surface area contributed by atoms with Crippen LogP contribution in [0.5, 0.6) is 0 Å². The summed E-state index contributed by atoms with van der Waals surface area (Å²) in [7, 11) is -9.10. The number of amides is 1. The Hall–Kier alpha value is -3.02. The van der Waals surface area contributed by atoms with Gasteiger partial charge in [0.15, 0.2) is 17.4 Å². The molecule has 1 aliphatic rings. The van der Waals surface area contributed by atoms with E-state index in [0.29, 0.717) is 5.56 Å². The summed E-state index contributed by atoms with van der Waals surface area (Å²) in [5.74, 6) is 0. The molecule has 1 fully saturated rings. The lowest BCUT2D eigenvalue weighted by molar-refractivity contribution is -0.0858. The third-order valence-corrected chi connectivity index (χ3v) is 9.39. The van der Waals surface area contributed by atoms with Gasteiger partial charge in [-0.15, -0.1) is 0 Å². The van der Waals surface area contributed by atoms with Crippen LogP contribution in [-0.4, -0.2) is 97.1 Å². The molecule has 9 N–H and O–H groups in total. The monoisotopic (exact) mass is 647 g/mol. The molecule has 6 atom stereocenters. The van der Waals surface area contributed by atoms with Gasteiger partial charge in [-0.1, -0.05) is 12.1 Å². The van der Waals surface area contributed by atoms with E-state index in [1.807, 2.05) is 0 Å². The molecule has 1 aliphatic heterocycles. The van der Waals surface area contributed by atoms with Gasteiger partial charge in [-0.3, -0.25) is 18.5 Å².